The number of aromatic nitrogens is 4. The molecule has 2 aromatic carbocycles. The first kappa shape index (κ1) is 26.8. The summed E-state index contributed by atoms with van der Waals surface area (Å²) in [6.45, 7) is 6.05. The summed E-state index contributed by atoms with van der Waals surface area (Å²) in [6.07, 6.45) is 4.16. The molecule has 4 aromatic rings. The zero-order valence-electron chi connectivity index (χ0n) is 23.4. The molecule has 4 heterocycles. The minimum absolute atomic E-state index is 0.216. The number of anilines is 4. The number of hydrogen-bond acceptors (Lipinski definition) is 9. The number of methoxy groups -OCH3 is 1. The predicted molar refractivity (Wildman–Crippen MR) is 159 cm³/mol. The van der Waals surface area contributed by atoms with Gasteiger partial charge in [-0.3, -0.25) is 4.79 Å². The fourth-order valence-electron chi connectivity index (χ4n) is 5.28. The average molecular weight is 557 g/mol. The highest BCUT2D eigenvalue weighted by molar-refractivity contribution is 5.85. The van der Waals surface area contributed by atoms with E-state index >= 15 is 0 Å². The summed E-state index contributed by atoms with van der Waals surface area (Å²) in [5.41, 5.74) is 4.71. The summed E-state index contributed by atoms with van der Waals surface area (Å²) < 4.78 is 12.8. The van der Waals surface area contributed by atoms with Crippen LogP contribution >= 0.6 is 0 Å². The van der Waals surface area contributed by atoms with Gasteiger partial charge in [0.2, 0.25) is 11.9 Å². The third kappa shape index (κ3) is 6.35. The second-order valence-corrected chi connectivity index (χ2v) is 10.3. The third-order valence-corrected chi connectivity index (χ3v) is 7.61. The van der Waals surface area contributed by atoms with E-state index in [4.69, 9.17) is 19.4 Å². The molecule has 0 spiro atoms. The highest BCUT2D eigenvalue weighted by Crippen LogP contribution is 2.25. The van der Waals surface area contributed by atoms with Crippen molar-refractivity contribution in [2.45, 2.75) is 25.8 Å². The summed E-state index contributed by atoms with van der Waals surface area (Å²) >= 11 is 0. The Morgan fingerprint density at radius 1 is 0.976 bits per heavy atom. The molecule has 0 unspecified atom stereocenters. The Morgan fingerprint density at radius 3 is 2.51 bits per heavy atom. The molecule has 0 aliphatic carbocycles. The van der Waals surface area contributed by atoms with Crippen LogP contribution in [-0.4, -0.2) is 83.4 Å². The molecule has 0 bridgehead atoms. The van der Waals surface area contributed by atoms with Crippen LogP contribution in [0.5, 0.6) is 5.75 Å². The van der Waals surface area contributed by atoms with Crippen LogP contribution in [0.25, 0.3) is 11.2 Å². The second kappa shape index (κ2) is 12.4. The van der Waals surface area contributed by atoms with Crippen molar-refractivity contribution in [3.63, 3.8) is 0 Å². The lowest BCUT2D eigenvalue weighted by Crippen LogP contribution is -2.36. The van der Waals surface area contributed by atoms with Gasteiger partial charge in [-0.25, -0.2) is 4.98 Å². The quantitative estimate of drug-likeness (QED) is 0.286. The SMILES string of the molecule is COc1ccc(CCNc2nc(Nc3ccc(N4CCOCC4)cc3)nc3c2ncn3CCN2CCCC2=O)cc1. The maximum Gasteiger partial charge on any atom is 0.231 e. The number of rotatable bonds is 11. The van der Waals surface area contributed by atoms with Gasteiger partial charge in [0.1, 0.15) is 5.75 Å². The number of likely N-dealkylation sites (tertiary alicyclic amines) is 1. The number of nitrogens with zero attached hydrogens (tertiary/aromatic N) is 6. The summed E-state index contributed by atoms with van der Waals surface area (Å²) in [5, 5.41) is 6.86. The summed E-state index contributed by atoms with van der Waals surface area (Å²) in [5.74, 6) is 2.22. The molecule has 2 saturated heterocycles. The molecular formula is C30H36N8O3. The van der Waals surface area contributed by atoms with Crippen molar-refractivity contribution in [3.05, 3.63) is 60.4 Å². The van der Waals surface area contributed by atoms with Gasteiger partial charge in [0.15, 0.2) is 17.0 Å². The van der Waals surface area contributed by atoms with Gasteiger partial charge >= 0.3 is 0 Å². The highest BCUT2D eigenvalue weighted by atomic mass is 16.5. The van der Waals surface area contributed by atoms with Gasteiger partial charge < -0.3 is 34.5 Å². The average Bonchev–Trinajstić information content (AvgIpc) is 3.62. The van der Waals surface area contributed by atoms with Gasteiger partial charge in [0.05, 0.1) is 26.7 Å². The van der Waals surface area contributed by atoms with Crippen LogP contribution in [0.15, 0.2) is 54.9 Å². The van der Waals surface area contributed by atoms with E-state index in [0.29, 0.717) is 43.3 Å². The predicted octanol–water partition coefficient (Wildman–Crippen LogP) is 3.69. The molecule has 11 heteroatoms. The number of nitrogens with one attached hydrogen (secondary N) is 2. The second-order valence-electron chi connectivity index (χ2n) is 10.3. The number of hydrogen-bond donors (Lipinski definition) is 2. The molecule has 2 aliphatic rings. The van der Waals surface area contributed by atoms with E-state index in [1.54, 1.807) is 13.4 Å². The van der Waals surface area contributed by atoms with Gasteiger partial charge in [-0.05, 0) is 54.8 Å². The van der Waals surface area contributed by atoms with Crippen molar-refractivity contribution in [3.8, 4) is 5.75 Å². The topological polar surface area (TPSA) is 110 Å². The van der Waals surface area contributed by atoms with Crippen LogP contribution in [0.3, 0.4) is 0 Å². The lowest BCUT2D eigenvalue weighted by molar-refractivity contribution is -0.127. The minimum atomic E-state index is 0.216. The third-order valence-electron chi connectivity index (χ3n) is 7.61. The number of carbonyl (C=O) groups excluding carboxylic acids is 1. The van der Waals surface area contributed by atoms with Gasteiger partial charge in [-0.15, -0.1) is 0 Å². The smallest absolute Gasteiger partial charge is 0.231 e. The van der Waals surface area contributed by atoms with Crippen molar-refractivity contribution < 1.29 is 14.3 Å². The van der Waals surface area contributed by atoms with Crippen LogP contribution in [0.2, 0.25) is 0 Å². The normalized spacial score (nSPS) is 15.5. The molecule has 0 radical (unpaired) electrons. The van der Waals surface area contributed by atoms with Gasteiger partial charge in [-0.1, -0.05) is 12.1 Å². The number of amides is 1. The van der Waals surface area contributed by atoms with Crippen LogP contribution in [0.1, 0.15) is 18.4 Å². The van der Waals surface area contributed by atoms with E-state index in [-0.39, 0.29) is 5.91 Å². The molecule has 41 heavy (non-hydrogen) atoms. The zero-order chi connectivity index (χ0) is 28.0. The Kier molecular flexibility index (Phi) is 8.13. The first-order chi connectivity index (χ1) is 20.2. The number of morpholine rings is 1. The standard InChI is InChI=1S/C30H36N8O3/c1-40-25-10-4-22(5-11-25)12-13-31-28-27-29(38(21-32-27)16-15-37-14-2-3-26(37)39)35-30(34-28)33-23-6-8-24(9-7-23)36-17-19-41-20-18-36/h4-11,21H,2-3,12-20H2,1H3,(H2,31,33,34,35). The Morgan fingerprint density at radius 2 is 1.78 bits per heavy atom. The van der Waals surface area contributed by atoms with Crippen LogP contribution in [0.4, 0.5) is 23.1 Å². The Labute approximate surface area is 239 Å². The largest absolute Gasteiger partial charge is 0.497 e. The Hall–Kier alpha value is -4.38. The van der Waals surface area contributed by atoms with E-state index in [9.17, 15) is 4.79 Å². The number of ether oxygens (including phenoxy) is 2. The molecule has 6 rings (SSSR count). The minimum Gasteiger partial charge on any atom is -0.497 e. The van der Waals surface area contributed by atoms with Gasteiger partial charge in [0.25, 0.3) is 0 Å². The molecular weight excluding hydrogens is 520 g/mol. The maximum absolute atomic E-state index is 12.1. The molecule has 11 nitrogen and oxygen atoms in total. The van der Waals surface area contributed by atoms with E-state index < -0.39 is 0 Å². The molecule has 1 amide bonds. The van der Waals surface area contributed by atoms with E-state index in [2.05, 4.69) is 44.8 Å². The van der Waals surface area contributed by atoms with Crippen molar-refractivity contribution >= 4 is 40.2 Å². The summed E-state index contributed by atoms with van der Waals surface area (Å²) in [6, 6.07) is 16.4. The molecule has 0 saturated carbocycles. The molecule has 2 aromatic heterocycles. The molecule has 2 fully saturated rings. The number of benzene rings is 2. The Balaban J connectivity index is 1.21. The number of fused-ring (bicyclic) bond motifs is 1. The number of imidazole rings is 1. The monoisotopic (exact) mass is 556 g/mol. The Bertz CT molecular complexity index is 1470. The first-order valence-electron chi connectivity index (χ1n) is 14.2. The molecule has 214 valence electrons. The fraction of sp³-hybridized carbons (Fsp3) is 0.400. The van der Waals surface area contributed by atoms with Crippen LogP contribution in [0, 0.1) is 0 Å². The van der Waals surface area contributed by atoms with Crippen molar-refractivity contribution in [1.29, 1.82) is 0 Å². The summed E-state index contributed by atoms with van der Waals surface area (Å²) in [7, 11) is 1.67. The molecule has 2 N–H and O–H groups in total. The number of carbonyl (C=O) groups is 1. The van der Waals surface area contributed by atoms with Crippen molar-refractivity contribution in [2.75, 3.05) is 68.6 Å². The van der Waals surface area contributed by atoms with Gasteiger partial charge in [0, 0.05) is 57.1 Å². The van der Waals surface area contributed by atoms with E-state index in [1.165, 1.54) is 11.3 Å². The maximum atomic E-state index is 12.1. The van der Waals surface area contributed by atoms with E-state index in [1.807, 2.05) is 33.7 Å². The summed E-state index contributed by atoms with van der Waals surface area (Å²) in [4.78, 5) is 30.7. The van der Waals surface area contributed by atoms with Crippen molar-refractivity contribution in [1.82, 2.24) is 24.4 Å². The van der Waals surface area contributed by atoms with Crippen molar-refractivity contribution in [2.24, 2.45) is 0 Å². The van der Waals surface area contributed by atoms with Crippen LogP contribution in [-0.2, 0) is 22.5 Å². The highest BCUT2D eigenvalue weighted by Gasteiger charge is 2.21. The molecule has 2 aliphatic heterocycles. The van der Waals surface area contributed by atoms with Crippen LogP contribution < -0.4 is 20.3 Å². The fourth-order valence-corrected chi connectivity index (χ4v) is 5.28. The first-order valence-corrected chi connectivity index (χ1v) is 14.2. The lowest BCUT2D eigenvalue weighted by atomic mass is 10.1. The van der Waals surface area contributed by atoms with Gasteiger partial charge in [-0.2, -0.15) is 9.97 Å². The van der Waals surface area contributed by atoms with E-state index in [0.717, 1.165) is 62.8 Å². The lowest BCUT2D eigenvalue weighted by Gasteiger charge is -2.28. The zero-order valence-corrected chi connectivity index (χ0v) is 23.4. The molecule has 0 atom stereocenters.